The second-order valence-electron chi connectivity index (χ2n) is 6.99. The average Bonchev–Trinajstić information content (AvgIpc) is 3.35. The quantitative estimate of drug-likeness (QED) is 0.719. The Balaban J connectivity index is 0.00000225. The van der Waals surface area contributed by atoms with Crippen molar-refractivity contribution in [2.75, 3.05) is 18.4 Å². The Hall–Kier alpha value is -2.57. The van der Waals surface area contributed by atoms with E-state index < -0.39 is 6.10 Å². The van der Waals surface area contributed by atoms with Gasteiger partial charge >= 0.3 is 0 Å². The van der Waals surface area contributed by atoms with Crippen LogP contribution in [0.3, 0.4) is 0 Å². The van der Waals surface area contributed by atoms with Crippen molar-refractivity contribution in [3.63, 3.8) is 0 Å². The predicted octanol–water partition coefficient (Wildman–Crippen LogP) is 2.53. The summed E-state index contributed by atoms with van der Waals surface area (Å²) in [5.74, 6) is 0.412. The summed E-state index contributed by atoms with van der Waals surface area (Å²) in [7, 11) is 0. The maximum atomic E-state index is 12.5. The van der Waals surface area contributed by atoms with Crippen LogP contribution in [-0.2, 0) is 11.2 Å². The minimum atomic E-state index is -0.548. The molecule has 0 aliphatic carbocycles. The lowest BCUT2D eigenvalue weighted by molar-refractivity contribution is -0.122. The van der Waals surface area contributed by atoms with Crippen LogP contribution < -0.4 is 20.7 Å². The lowest BCUT2D eigenvalue weighted by atomic mass is 10.1. The van der Waals surface area contributed by atoms with Gasteiger partial charge in [0.25, 0.3) is 11.8 Å². The van der Waals surface area contributed by atoms with Gasteiger partial charge in [-0.2, -0.15) is 0 Å². The molecular weight excluding hydrogens is 378 g/mol. The first-order valence-corrected chi connectivity index (χ1v) is 9.36. The monoisotopic (exact) mass is 401 g/mol. The highest BCUT2D eigenvalue weighted by atomic mass is 35.5. The average molecular weight is 402 g/mol. The third kappa shape index (κ3) is 4.64. The van der Waals surface area contributed by atoms with Crippen molar-refractivity contribution in [3.05, 3.63) is 59.7 Å². The molecule has 0 bridgehead atoms. The van der Waals surface area contributed by atoms with Gasteiger partial charge in [-0.25, -0.2) is 0 Å². The van der Waals surface area contributed by atoms with Crippen LogP contribution in [0.5, 0.6) is 5.75 Å². The van der Waals surface area contributed by atoms with Gasteiger partial charge in [0.15, 0.2) is 6.10 Å². The number of halogens is 1. The highest BCUT2D eigenvalue weighted by Gasteiger charge is 2.28. The first-order chi connectivity index (χ1) is 13.2. The molecule has 2 unspecified atom stereocenters. The molecule has 148 valence electrons. The standard InChI is InChI=1S/C21H23N3O3.ClH/c25-20(23-13-17-8-4-10-22-17)15-6-3-7-16(11-15)24-21(26)19-12-14-5-1-2-9-18(14)27-19;/h1-3,5-7,9,11,17,19,22H,4,8,10,12-13H2,(H,23,25)(H,24,26);1H. The molecule has 0 saturated carbocycles. The molecule has 4 rings (SSSR count). The first kappa shape index (κ1) is 20.2. The molecule has 0 radical (unpaired) electrons. The molecule has 2 aliphatic rings. The second kappa shape index (κ2) is 9.08. The Kier molecular flexibility index (Phi) is 6.54. The SMILES string of the molecule is Cl.O=C(NCC1CCCN1)c1cccc(NC(=O)C2Cc3ccccc3O2)c1. The third-order valence-corrected chi connectivity index (χ3v) is 5.00. The highest BCUT2D eigenvalue weighted by molar-refractivity contribution is 5.98. The van der Waals surface area contributed by atoms with E-state index in [0.29, 0.717) is 30.3 Å². The lowest BCUT2D eigenvalue weighted by Gasteiger charge is -2.13. The maximum absolute atomic E-state index is 12.5. The topological polar surface area (TPSA) is 79.5 Å². The lowest BCUT2D eigenvalue weighted by Crippen LogP contribution is -2.37. The van der Waals surface area contributed by atoms with Crippen LogP contribution in [0.25, 0.3) is 0 Å². The van der Waals surface area contributed by atoms with Crippen molar-refractivity contribution in [2.24, 2.45) is 0 Å². The molecule has 2 heterocycles. The number of anilines is 1. The number of hydrogen-bond acceptors (Lipinski definition) is 4. The van der Waals surface area contributed by atoms with E-state index in [0.717, 1.165) is 30.7 Å². The number of hydrogen-bond donors (Lipinski definition) is 3. The number of amides is 2. The van der Waals surface area contributed by atoms with E-state index in [1.165, 1.54) is 0 Å². The summed E-state index contributed by atoms with van der Waals surface area (Å²) in [5, 5.41) is 9.16. The minimum absolute atomic E-state index is 0. The van der Waals surface area contributed by atoms with E-state index in [1.54, 1.807) is 24.3 Å². The molecule has 1 saturated heterocycles. The number of benzene rings is 2. The van der Waals surface area contributed by atoms with Gasteiger partial charge in [-0.3, -0.25) is 9.59 Å². The van der Waals surface area contributed by atoms with Crippen molar-refractivity contribution in [1.82, 2.24) is 10.6 Å². The highest BCUT2D eigenvalue weighted by Crippen LogP contribution is 2.28. The van der Waals surface area contributed by atoms with Gasteiger partial charge in [0.05, 0.1) is 0 Å². The first-order valence-electron chi connectivity index (χ1n) is 9.36. The van der Waals surface area contributed by atoms with Crippen LogP contribution in [0.1, 0.15) is 28.8 Å². The Labute approximate surface area is 170 Å². The van der Waals surface area contributed by atoms with E-state index in [2.05, 4.69) is 16.0 Å². The number of nitrogens with one attached hydrogen (secondary N) is 3. The van der Waals surface area contributed by atoms with Gasteiger partial charge in [-0.1, -0.05) is 24.3 Å². The second-order valence-corrected chi connectivity index (χ2v) is 6.99. The van der Waals surface area contributed by atoms with Crippen LogP contribution in [-0.4, -0.2) is 37.0 Å². The third-order valence-electron chi connectivity index (χ3n) is 5.00. The van der Waals surface area contributed by atoms with Gasteiger partial charge in [-0.05, 0) is 49.2 Å². The fourth-order valence-electron chi connectivity index (χ4n) is 3.54. The molecule has 3 N–H and O–H groups in total. The largest absolute Gasteiger partial charge is 0.480 e. The van der Waals surface area contributed by atoms with Crippen LogP contribution in [0.2, 0.25) is 0 Å². The minimum Gasteiger partial charge on any atom is -0.480 e. The fourth-order valence-corrected chi connectivity index (χ4v) is 3.54. The molecule has 7 heteroatoms. The number of fused-ring (bicyclic) bond motifs is 1. The van der Waals surface area contributed by atoms with E-state index in [4.69, 9.17) is 4.74 Å². The molecule has 1 fully saturated rings. The molecule has 2 atom stereocenters. The smallest absolute Gasteiger partial charge is 0.265 e. The van der Waals surface area contributed by atoms with E-state index in [9.17, 15) is 9.59 Å². The van der Waals surface area contributed by atoms with E-state index >= 15 is 0 Å². The molecule has 2 aromatic carbocycles. The molecule has 0 aromatic heterocycles. The van der Waals surface area contributed by atoms with Crippen LogP contribution in [0.4, 0.5) is 5.69 Å². The molecule has 2 aromatic rings. The van der Waals surface area contributed by atoms with E-state index in [-0.39, 0.29) is 24.2 Å². The Bertz CT molecular complexity index is 827. The Morgan fingerprint density at radius 2 is 2.00 bits per heavy atom. The van der Waals surface area contributed by atoms with Gasteiger partial charge in [-0.15, -0.1) is 12.4 Å². The fraction of sp³-hybridized carbons (Fsp3) is 0.333. The summed E-state index contributed by atoms with van der Waals surface area (Å²) in [4.78, 5) is 24.9. The summed E-state index contributed by atoms with van der Waals surface area (Å²) in [6, 6.07) is 15.0. The van der Waals surface area contributed by atoms with Crippen molar-refractivity contribution in [1.29, 1.82) is 0 Å². The van der Waals surface area contributed by atoms with Gasteiger partial charge in [0.2, 0.25) is 0 Å². The molecule has 0 spiro atoms. The summed E-state index contributed by atoms with van der Waals surface area (Å²) in [6.07, 6.45) is 2.24. The number of rotatable bonds is 5. The normalized spacial score (nSPS) is 19.9. The van der Waals surface area contributed by atoms with Crippen LogP contribution >= 0.6 is 12.4 Å². The number of ether oxygens (including phenoxy) is 1. The zero-order valence-corrected chi connectivity index (χ0v) is 16.3. The number of carbonyl (C=O) groups is 2. The maximum Gasteiger partial charge on any atom is 0.265 e. The van der Waals surface area contributed by atoms with Gasteiger partial charge in [0, 0.05) is 30.3 Å². The van der Waals surface area contributed by atoms with Gasteiger partial charge in [0.1, 0.15) is 5.75 Å². The number of para-hydroxylation sites is 1. The van der Waals surface area contributed by atoms with E-state index in [1.807, 2.05) is 24.3 Å². The van der Waals surface area contributed by atoms with Crippen LogP contribution in [0.15, 0.2) is 48.5 Å². The summed E-state index contributed by atoms with van der Waals surface area (Å²) < 4.78 is 5.72. The summed E-state index contributed by atoms with van der Waals surface area (Å²) >= 11 is 0. The molecular formula is C21H24ClN3O3. The Morgan fingerprint density at radius 3 is 2.79 bits per heavy atom. The molecule has 2 amide bonds. The van der Waals surface area contributed by atoms with Gasteiger partial charge < -0.3 is 20.7 Å². The van der Waals surface area contributed by atoms with Crippen molar-refractivity contribution < 1.29 is 14.3 Å². The Morgan fingerprint density at radius 1 is 1.14 bits per heavy atom. The summed E-state index contributed by atoms with van der Waals surface area (Å²) in [6.45, 7) is 1.62. The van der Waals surface area contributed by atoms with Crippen molar-refractivity contribution in [3.8, 4) is 5.75 Å². The predicted molar refractivity (Wildman–Crippen MR) is 110 cm³/mol. The molecule has 2 aliphatic heterocycles. The molecule has 28 heavy (non-hydrogen) atoms. The van der Waals surface area contributed by atoms with Crippen molar-refractivity contribution >= 4 is 29.9 Å². The van der Waals surface area contributed by atoms with Crippen LogP contribution in [0, 0.1) is 0 Å². The zero-order chi connectivity index (χ0) is 18.6. The van der Waals surface area contributed by atoms with Crippen molar-refractivity contribution in [2.45, 2.75) is 31.4 Å². The summed E-state index contributed by atoms with van der Waals surface area (Å²) in [5.41, 5.74) is 2.15. The zero-order valence-electron chi connectivity index (χ0n) is 15.4. The number of carbonyl (C=O) groups excluding carboxylic acids is 2. The molecule has 6 nitrogen and oxygen atoms in total.